The lowest BCUT2D eigenvalue weighted by Crippen LogP contribution is -2.28. The second-order valence-electron chi connectivity index (χ2n) is 7.17. The summed E-state index contributed by atoms with van der Waals surface area (Å²) in [5, 5.41) is 0.475. The molecule has 4 nitrogen and oxygen atoms in total. The molecule has 0 aromatic heterocycles. The molecule has 22 heavy (non-hydrogen) atoms. The van der Waals surface area contributed by atoms with E-state index in [1.54, 1.807) is 52.0 Å². The van der Waals surface area contributed by atoms with E-state index in [0.717, 1.165) is 0 Å². The highest BCUT2D eigenvalue weighted by Crippen LogP contribution is 2.32. The molecular weight excluding hydrogens is 299 g/mol. The minimum atomic E-state index is -1.87. The first-order valence-electron chi connectivity index (χ1n) is 7.37. The molecule has 1 rings (SSSR count). The van der Waals surface area contributed by atoms with Crippen LogP contribution in [0.15, 0.2) is 24.3 Å². The SMILES string of the molecule is CC(OC(C)(C)C)[P+](=O)c1ccccc1C(=O)OC(C)(C)C. The predicted octanol–water partition coefficient (Wildman–Crippen LogP) is 4.26. The van der Waals surface area contributed by atoms with Crippen LogP contribution in [-0.4, -0.2) is 23.0 Å². The number of rotatable bonds is 4. The molecule has 0 saturated carbocycles. The van der Waals surface area contributed by atoms with Crippen LogP contribution in [0.1, 0.15) is 58.8 Å². The third-order valence-electron chi connectivity index (χ3n) is 2.61. The molecule has 5 heteroatoms. The number of esters is 1. The maximum absolute atomic E-state index is 12.7. The number of carbonyl (C=O) groups excluding carboxylic acids is 1. The molecule has 0 amide bonds. The lowest BCUT2D eigenvalue weighted by Gasteiger charge is -2.20. The van der Waals surface area contributed by atoms with Gasteiger partial charge in [0.15, 0.2) is 0 Å². The first-order valence-corrected chi connectivity index (χ1v) is 8.70. The lowest BCUT2D eigenvalue weighted by atomic mass is 10.1. The Balaban J connectivity index is 3.06. The molecule has 0 bridgehead atoms. The Morgan fingerprint density at radius 1 is 1.05 bits per heavy atom. The maximum Gasteiger partial charge on any atom is 0.409 e. The molecule has 0 aliphatic heterocycles. The monoisotopic (exact) mass is 325 g/mol. The van der Waals surface area contributed by atoms with Crippen molar-refractivity contribution in [3.8, 4) is 0 Å². The Hall–Kier alpha value is -1.25. The summed E-state index contributed by atoms with van der Waals surface area (Å²) in [6.07, 6.45) is 0. The fourth-order valence-corrected chi connectivity index (χ4v) is 3.37. The first-order chi connectivity index (χ1) is 9.91. The minimum absolute atomic E-state index is 0.336. The molecule has 0 aliphatic rings. The second-order valence-corrected chi connectivity index (χ2v) is 9.03. The topological polar surface area (TPSA) is 52.6 Å². The number of ether oxygens (including phenoxy) is 2. The smallest absolute Gasteiger partial charge is 0.409 e. The molecule has 0 saturated heterocycles. The van der Waals surface area contributed by atoms with E-state index in [4.69, 9.17) is 9.47 Å². The second kappa shape index (κ2) is 6.89. The Kier molecular flexibility index (Phi) is 5.89. The van der Waals surface area contributed by atoms with E-state index in [2.05, 4.69) is 0 Å². The Morgan fingerprint density at radius 2 is 1.59 bits per heavy atom. The molecule has 122 valence electrons. The van der Waals surface area contributed by atoms with Crippen LogP contribution in [0.5, 0.6) is 0 Å². The van der Waals surface area contributed by atoms with E-state index in [9.17, 15) is 9.36 Å². The van der Waals surface area contributed by atoms with Crippen LogP contribution in [0, 0.1) is 0 Å². The van der Waals surface area contributed by atoms with Crippen molar-refractivity contribution in [2.45, 2.75) is 65.5 Å². The molecule has 0 fully saturated rings. The molecular formula is C17H26O4P+. The summed E-state index contributed by atoms with van der Waals surface area (Å²) < 4.78 is 23.9. The number of hydrogen-bond donors (Lipinski definition) is 0. The van der Waals surface area contributed by atoms with Crippen LogP contribution in [0.3, 0.4) is 0 Å². The quantitative estimate of drug-likeness (QED) is 0.613. The van der Waals surface area contributed by atoms with Crippen molar-refractivity contribution < 1.29 is 18.8 Å². The zero-order valence-electron chi connectivity index (χ0n) is 14.5. The maximum atomic E-state index is 12.7. The van der Waals surface area contributed by atoms with Gasteiger partial charge in [0, 0.05) is 6.92 Å². The third kappa shape index (κ3) is 5.86. The van der Waals surface area contributed by atoms with Crippen molar-refractivity contribution in [3.05, 3.63) is 29.8 Å². The van der Waals surface area contributed by atoms with Gasteiger partial charge >= 0.3 is 13.8 Å². The Labute approximate surface area is 134 Å². The van der Waals surface area contributed by atoms with E-state index in [0.29, 0.717) is 10.9 Å². The Bertz CT molecular complexity index is 553. The lowest BCUT2D eigenvalue weighted by molar-refractivity contribution is -0.0148. The summed E-state index contributed by atoms with van der Waals surface area (Å²) in [6.45, 7) is 12.9. The fraction of sp³-hybridized carbons (Fsp3) is 0.588. The average molecular weight is 325 g/mol. The number of benzene rings is 1. The van der Waals surface area contributed by atoms with E-state index in [1.165, 1.54) is 0 Å². The van der Waals surface area contributed by atoms with Gasteiger partial charge in [-0.2, -0.15) is 0 Å². The third-order valence-corrected chi connectivity index (χ3v) is 4.25. The fourth-order valence-electron chi connectivity index (χ4n) is 1.93. The summed E-state index contributed by atoms with van der Waals surface area (Å²) in [4.78, 5) is 12.3. The van der Waals surface area contributed by atoms with Crippen LogP contribution < -0.4 is 5.30 Å². The molecule has 0 radical (unpaired) electrons. The average Bonchev–Trinajstić information content (AvgIpc) is 2.33. The van der Waals surface area contributed by atoms with Gasteiger partial charge in [0.25, 0.3) is 5.85 Å². The van der Waals surface area contributed by atoms with Crippen molar-refractivity contribution in [2.75, 3.05) is 0 Å². The molecule has 0 N–H and O–H groups in total. The van der Waals surface area contributed by atoms with Crippen molar-refractivity contribution in [2.24, 2.45) is 0 Å². The minimum Gasteiger partial charge on any atom is -0.456 e. The van der Waals surface area contributed by atoms with Crippen molar-refractivity contribution >= 4 is 19.1 Å². The zero-order chi connectivity index (χ0) is 17.1. The zero-order valence-corrected chi connectivity index (χ0v) is 15.4. The molecule has 2 unspecified atom stereocenters. The van der Waals surface area contributed by atoms with Crippen LogP contribution in [0.2, 0.25) is 0 Å². The normalized spacial score (nSPS) is 14.4. The van der Waals surface area contributed by atoms with Crippen LogP contribution >= 0.6 is 7.80 Å². The Morgan fingerprint density at radius 3 is 2.09 bits per heavy atom. The number of hydrogen-bond acceptors (Lipinski definition) is 4. The van der Waals surface area contributed by atoms with Crippen LogP contribution in [0.25, 0.3) is 0 Å². The van der Waals surface area contributed by atoms with E-state index >= 15 is 0 Å². The molecule has 1 aromatic carbocycles. The molecule has 2 atom stereocenters. The van der Waals surface area contributed by atoms with Crippen molar-refractivity contribution in [3.63, 3.8) is 0 Å². The molecule has 0 heterocycles. The van der Waals surface area contributed by atoms with Crippen LogP contribution in [0.4, 0.5) is 0 Å². The predicted molar refractivity (Wildman–Crippen MR) is 89.2 cm³/mol. The van der Waals surface area contributed by atoms with Gasteiger partial charge in [0.05, 0.1) is 5.60 Å². The van der Waals surface area contributed by atoms with Gasteiger partial charge in [0.1, 0.15) is 11.2 Å². The van der Waals surface area contributed by atoms with Gasteiger partial charge in [-0.25, -0.2) is 4.79 Å². The summed E-state index contributed by atoms with van der Waals surface area (Å²) in [7, 11) is -1.87. The van der Waals surface area contributed by atoms with E-state index in [-0.39, 0.29) is 0 Å². The summed E-state index contributed by atoms with van der Waals surface area (Å²) >= 11 is 0. The van der Waals surface area contributed by atoms with Gasteiger partial charge in [-0.15, -0.1) is 0 Å². The highest BCUT2D eigenvalue weighted by atomic mass is 31.1. The summed E-state index contributed by atoms with van der Waals surface area (Å²) in [6, 6.07) is 6.84. The van der Waals surface area contributed by atoms with Gasteiger partial charge in [0.2, 0.25) is 5.30 Å². The van der Waals surface area contributed by atoms with Crippen molar-refractivity contribution in [1.82, 2.24) is 0 Å². The van der Waals surface area contributed by atoms with Crippen LogP contribution in [-0.2, 0) is 14.0 Å². The standard InChI is InChI=1S/C17H26O4P/c1-12(20-16(2,3)4)22(19)14-11-9-8-10-13(14)15(18)21-17(5,6)7/h8-12H,1-7H3/q+1. The van der Waals surface area contributed by atoms with Gasteiger partial charge < -0.3 is 9.47 Å². The van der Waals surface area contributed by atoms with Crippen molar-refractivity contribution in [1.29, 1.82) is 0 Å². The largest absolute Gasteiger partial charge is 0.456 e. The first kappa shape index (κ1) is 18.8. The summed E-state index contributed by atoms with van der Waals surface area (Å²) in [5.41, 5.74) is -0.655. The summed E-state index contributed by atoms with van der Waals surface area (Å²) in [5.74, 6) is -0.951. The van der Waals surface area contributed by atoms with Gasteiger partial charge in [-0.1, -0.05) is 16.7 Å². The highest BCUT2D eigenvalue weighted by Gasteiger charge is 2.37. The van der Waals surface area contributed by atoms with E-state index < -0.39 is 30.8 Å². The van der Waals surface area contributed by atoms with E-state index in [1.807, 2.05) is 20.8 Å². The highest BCUT2D eigenvalue weighted by molar-refractivity contribution is 7.54. The molecule has 1 aromatic rings. The molecule has 0 aliphatic carbocycles. The molecule has 0 spiro atoms. The number of carbonyl (C=O) groups is 1. The van der Waals surface area contributed by atoms with Gasteiger partial charge in [-0.05, 0) is 53.7 Å². The van der Waals surface area contributed by atoms with Gasteiger partial charge in [-0.3, -0.25) is 0 Å².